The van der Waals surface area contributed by atoms with E-state index in [0.29, 0.717) is 25.9 Å². The standard InChI is InChI=1S/C53H86O22/c1-23-32(58)36(62)39(65)43(69-23)75-42-38(64)34(60)25(19-55)71-46(42)72-26-20-67-45(41(35(26)61)74-44-40(66)37(63)33(59)24(18-54)70-44)73-31-10-11-49(5)27(47(31,2)3)8-12-50(6)28(49)9-13-53-29-16-48(4,21-56)14-15-52(29,22-68-53)30(57)17-51(50,53)7/h21,23-46,54-55,57-66H,8-20,22H2,1-7H3/t23-,24+,25+,26-,27+,28+,29-,30+,31-,32-,33+,34+,35-,36+,37-,38-,39+,40+,41+,42+,43-,44-,45-,46-,48-,49-,50+,51-,52+,53-/m0/s1. The molecule has 0 aromatic rings. The van der Waals surface area contributed by atoms with Crippen molar-refractivity contribution >= 4 is 6.29 Å². The van der Waals surface area contributed by atoms with Crippen molar-refractivity contribution in [3.8, 4) is 0 Å². The largest absolute Gasteiger partial charge is 0.394 e. The number of carbonyl (C=O) groups excluding carboxylic acids is 1. The fraction of sp³-hybridized carbons (Fsp3) is 0.981. The van der Waals surface area contributed by atoms with Crippen molar-refractivity contribution in [3.05, 3.63) is 0 Å². The number of hydrogen-bond donors (Lipinski definition) is 12. The molecule has 2 bridgehead atoms. The van der Waals surface area contributed by atoms with Crippen molar-refractivity contribution in [2.24, 2.45) is 50.2 Å². The molecule has 5 heterocycles. The number of aldehydes is 1. The third-order valence-corrected chi connectivity index (χ3v) is 22.3. The summed E-state index contributed by atoms with van der Waals surface area (Å²) in [5.41, 5.74) is -2.58. The Kier molecular flexibility index (Phi) is 15.3. The minimum atomic E-state index is -1.89. The van der Waals surface area contributed by atoms with Gasteiger partial charge < -0.3 is 109 Å². The molecule has 5 aliphatic heterocycles. The Morgan fingerprint density at radius 1 is 0.560 bits per heavy atom. The van der Waals surface area contributed by atoms with E-state index in [4.69, 9.17) is 42.6 Å². The maximum atomic E-state index is 12.6. The molecule has 22 nitrogen and oxygen atoms in total. The van der Waals surface area contributed by atoms with E-state index in [1.165, 1.54) is 6.92 Å². The molecular formula is C53H86O22. The Balaban J connectivity index is 0.902. The average Bonchev–Trinajstić information content (AvgIpc) is 3.66. The highest BCUT2D eigenvalue weighted by atomic mass is 16.8. The molecule has 0 unspecified atom stereocenters. The summed E-state index contributed by atoms with van der Waals surface area (Å²) in [5.74, 6) is 0.451. The molecule has 10 rings (SSSR count). The highest BCUT2D eigenvalue weighted by molar-refractivity contribution is 5.59. The van der Waals surface area contributed by atoms with Gasteiger partial charge in [-0.1, -0.05) is 41.5 Å². The highest BCUT2D eigenvalue weighted by Crippen LogP contribution is 2.80. The van der Waals surface area contributed by atoms with Crippen LogP contribution in [0.4, 0.5) is 0 Å². The second-order valence-corrected chi connectivity index (χ2v) is 26.2. The first kappa shape index (κ1) is 57.1. The van der Waals surface area contributed by atoms with E-state index in [2.05, 4.69) is 41.5 Å². The Hall–Kier alpha value is -1.17. The first-order valence-electron chi connectivity index (χ1n) is 27.5. The molecule has 75 heavy (non-hydrogen) atoms. The molecule has 0 radical (unpaired) electrons. The van der Waals surface area contributed by atoms with Crippen LogP contribution in [-0.4, -0.2) is 229 Å². The van der Waals surface area contributed by atoms with Crippen molar-refractivity contribution in [1.29, 1.82) is 0 Å². The number of fused-ring (bicyclic) bond motifs is 4. The third-order valence-electron chi connectivity index (χ3n) is 22.3. The van der Waals surface area contributed by atoms with E-state index in [1.807, 2.05) is 0 Å². The van der Waals surface area contributed by atoms with E-state index >= 15 is 0 Å². The highest BCUT2D eigenvalue weighted by Gasteiger charge is 2.80. The number of aliphatic hydroxyl groups is 12. The van der Waals surface area contributed by atoms with Crippen LogP contribution in [0.2, 0.25) is 0 Å². The number of hydrogen-bond acceptors (Lipinski definition) is 22. The Morgan fingerprint density at radius 2 is 1.16 bits per heavy atom. The summed E-state index contributed by atoms with van der Waals surface area (Å²) >= 11 is 0. The lowest BCUT2D eigenvalue weighted by Crippen LogP contribution is -2.74. The number of ether oxygens (including phenoxy) is 9. The van der Waals surface area contributed by atoms with Crippen LogP contribution < -0.4 is 0 Å². The summed E-state index contributed by atoms with van der Waals surface area (Å²) in [6.07, 6.45) is -23.3. The van der Waals surface area contributed by atoms with Gasteiger partial charge in [-0.2, -0.15) is 0 Å². The molecular weight excluding hydrogens is 989 g/mol. The lowest BCUT2D eigenvalue weighted by molar-refractivity contribution is -0.394. The lowest BCUT2D eigenvalue weighted by Gasteiger charge is -2.75. The monoisotopic (exact) mass is 1070 g/mol. The molecule has 30 atom stereocenters. The van der Waals surface area contributed by atoms with Gasteiger partial charge in [0.25, 0.3) is 0 Å². The van der Waals surface area contributed by atoms with Gasteiger partial charge in [0.05, 0.1) is 50.3 Å². The molecule has 12 N–H and O–H groups in total. The van der Waals surface area contributed by atoms with Gasteiger partial charge in [0, 0.05) is 16.2 Å². The van der Waals surface area contributed by atoms with Gasteiger partial charge in [-0.3, -0.25) is 0 Å². The Labute approximate surface area is 437 Å². The SMILES string of the molecule is C[C@@H]1O[C@@H](O[C@H]2[C@H](O[C@H]3CO[C@@H](O[C@H]4CC[C@@]5(C)[C@H](CC[C@]6(C)[C@@H]5CC[C@]57OC[C@@]8(CC[C@](C)(C=O)C[C@@H]85)[C@H](O)C[C@]76C)C4(C)C)[C@H](O[C@@H]4O[C@H](CO)[C@@H](O)[C@H](O)[C@H]4O)[C@H]3O)O[C@H](CO)[C@@H](O)[C@@H]2O)[C@H](O)[C@H](O)[C@H]1O. The van der Waals surface area contributed by atoms with Crippen molar-refractivity contribution in [2.45, 2.75) is 247 Å². The van der Waals surface area contributed by atoms with Crippen LogP contribution in [-0.2, 0) is 47.4 Å². The van der Waals surface area contributed by atoms with Gasteiger partial charge in [-0.15, -0.1) is 0 Å². The minimum Gasteiger partial charge on any atom is -0.394 e. The zero-order valence-electron chi connectivity index (χ0n) is 44.3. The molecule has 0 amide bonds. The predicted octanol–water partition coefficient (Wildman–Crippen LogP) is -1.50. The Bertz CT molecular complexity index is 2050. The van der Waals surface area contributed by atoms with Gasteiger partial charge in [0.2, 0.25) is 0 Å². The topological polar surface area (TPSA) is 343 Å². The molecule has 1 spiro atoms. The average molecular weight is 1080 g/mol. The molecule has 5 aliphatic carbocycles. The quantitative estimate of drug-likeness (QED) is 0.0827. The van der Waals surface area contributed by atoms with Crippen LogP contribution >= 0.6 is 0 Å². The molecule has 5 saturated carbocycles. The number of aliphatic hydroxyl groups excluding tert-OH is 12. The first-order chi connectivity index (χ1) is 35.2. The van der Waals surface area contributed by atoms with Gasteiger partial charge in [-0.25, -0.2) is 0 Å². The van der Waals surface area contributed by atoms with Crippen LogP contribution in [0.15, 0.2) is 0 Å². The summed E-state index contributed by atoms with van der Waals surface area (Å²) in [4.78, 5) is 12.6. The maximum Gasteiger partial charge on any atom is 0.187 e. The summed E-state index contributed by atoms with van der Waals surface area (Å²) in [6.45, 7) is 13.6. The van der Waals surface area contributed by atoms with E-state index in [1.54, 1.807) is 0 Å². The normalized spacial score (nSPS) is 58.5. The second-order valence-electron chi connectivity index (χ2n) is 26.2. The lowest BCUT2D eigenvalue weighted by atomic mass is 9.30. The molecule has 10 aliphatic rings. The predicted molar refractivity (Wildman–Crippen MR) is 255 cm³/mol. The minimum absolute atomic E-state index is 0.0717. The number of rotatable bonds is 11. The van der Waals surface area contributed by atoms with Crippen molar-refractivity contribution in [2.75, 3.05) is 26.4 Å². The number of carbonyl (C=O) groups is 1. The van der Waals surface area contributed by atoms with E-state index in [0.717, 1.165) is 51.2 Å². The third kappa shape index (κ3) is 8.54. The zero-order chi connectivity index (χ0) is 54.3. The van der Waals surface area contributed by atoms with E-state index in [-0.39, 0.29) is 39.4 Å². The van der Waals surface area contributed by atoms with Gasteiger partial charge in [0.1, 0.15) is 91.7 Å². The molecule has 0 aromatic heterocycles. The fourth-order valence-electron chi connectivity index (χ4n) is 17.6. The fourth-order valence-corrected chi connectivity index (χ4v) is 17.6. The maximum absolute atomic E-state index is 12.6. The van der Waals surface area contributed by atoms with Crippen LogP contribution in [0.25, 0.3) is 0 Å². The summed E-state index contributed by atoms with van der Waals surface area (Å²) in [6, 6.07) is 0. The summed E-state index contributed by atoms with van der Waals surface area (Å²) < 4.78 is 56.3. The van der Waals surface area contributed by atoms with Crippen molar-refractivity contribution < 1.29 is 109 Å². The van der Waals surface area contributed by atoms with Crippen LogP contribution in [0.5, 0.6) is 0 Å². The van der Waals surface area contributed by atoms with Crippen LogP contribution in [0.3, 0.4) is 0 Å². The molecule has 22 heteroatoms. The summed E-state index contributed by atoms with van der Waals surface area (Å²) in [7, 11) is 0. The van der Waals surface area contributed by atoms with Crippen molar-refractivity contribution in [1.82, 2.24) is 0 Å². The van der Waals surface area contributed by atoms with Crippen molar-refractivity contribution in [3.63, 3.8) is 0 Å². The van der Waals surface area contributed by atoms with E-state index in [9.17, 15) is 66.1 Å². The van der Waals surface area contributed by atoms with Gasteiger partial charge in [-0.05, 0) is 105 Å². The molecule has 10 fully saturated rings. The second kappa shape index (κ2) is 20.1. The molecule has 0 aromatic carbocycles. The Morgan fingerprint density at radius 3 is 1.81 bits per heavy atom. The van der Waals surface area contributed by atoms with E-state index < -0.39 is 165 Å². The van der Waals surface area contributed by atoms with Crippen LogP contribution in [0.1, 0.15) is 113 Å². The molecule has 5 saturated heterocycles. The first-order valence-corrected chi connectivity index (χ1v) is 27.5. The molecule has 430 valence electrons. The zero-order valence-corrected chi connectivity index (χ0v) is 44.3. The van der Waals surface area contributed by atoms with Gasteiger partial charge in [0.15, 0.2) is 25.2 Å². The van der Waals surface area contributed by atoms with Gasteiger partial charge >= 0.3 is 0 Å². The smallest absolute Gasteiger partial charge is 0.187 e. The van der Waals surface area contributed by atoms with Crippen LogP contribution in [0, 0.1) is 50.2 Å². The summed E-state index contributed by atoms with van der Waals surface area (Å²) in [5, 5.41) is 131.